The summed E-state index contributed by atoms with van der Waals surface area (Å²) in [4.78, 5) is 4.70. The molecule has 0 spiro atoms. The van der Waals surface area contributed by atoms with Crippen LogP contribution in [0.1, 0.15) is 32.0 Å². The summed E-state index contributed by atoms with van der Waals surface area (Å²) in [5.74, 6) is 0.982. The number of hydrogen-bond donors (Lipinski definition) is 0. The molecule has 1 aliphatic rings. The molecule has 0 aromatic carbocycles. The number of nitrogens with zero attached hydrogens (tertiary/aromatic N) is 6. The Balaban J connectivity index is 1.48. The molecule has 0 unspecified atom stereocenters. The molecule has 1 saturated heterocycles. The van der Waals surface area contributed by atoms with Gasteiger partial charge in [-0.3, -0.25) is 9.58 Å². The highest BCUT2D eigenvalue weighted by Gasteiger charge is 2.31. The minimum absolute atomic E-state index is 0.0497. The lowest BCUT2D eigenvalue weighted by Gasteiger charge is -2.44. The molecule has 130 valence electrons. The summed E-state index contributed by atoms with van der Waals surface area (Å²) in [7, 11) is 2.19. The molecule has 6 heteroatoms. The van der Waals surface area contributed by atoms with E-state index in [1.54, 1.807) is 0 Å². The largest absolute Gasteiger partial charge is 0.352 e. The van der Waals surface area contributed by atoms with Gasteiger partial charge in [0.15, 0.2) is 5.82 Å². The Bertz CT molecular complexity index is 664. The molecule has 3 rings (SSSR count). The normalized spacial score (nSPS) is 15.8. The second-order valence-electron chi connectivity index (χ2n) is 7.85. The third kappa shape index (κ3) is 3.75. The third-order valence-electron chi connectivity index (χ3n) is 4.67. The lowest BCUT2D eigenvalue weighted by atomic mass is 9.92. The molecule has 3 heterocycles. The molecule has 2 aromatic heterocycles. The fourth-order valence-electron chi connectivity index (χ4n) is 2.85. The predicted molar refractivity (Wildman–Crippen MR) is 96.3 cm³/mol. The van der Waals surface area contributed by atoms with Crippen LogP contribution in [0.15, 0.2) is 24.5 Å². The highest BCUT2D eigenvalue weighted by atomic mass is 15.4. The van der Waals surface area contributed by atoms with Crippen LogP contribution in [0.2, 0.25) is 0 Å². The fraction of sp³-hybridized carbons (Fsp3) is 0.611. The first-order chi connectivity index (χ1) is 11.3. The quantitative estimate of drug-likeness (QED) is 0.841. The van der Waals surface area contributed by atoms with Crippen molar-refractivity contribution in [3.05, 3.63) is 35.8 Å². The van der Waals surface area contributed by atoms with Crippen molar-refractivity contribution >= 4 is 5.82 Å². The van der Waals surface area contributed by atoms with Gasteiger partial charge in [0.1, 0.15) is 0 Å². The summed E-state index contributed by atoms with van der Waals surface area (Å²) in [5.41, 5.74) is 2.30. The maximum Gasteiger partial charge on any atom is 0.151 e. The molecule has 24 heavy (non-hydrogen) atoms. The Morgan fingerprint density at radius 3 is 2.50 bits per heavy atom. The van der Waals surface area contributed by atoms with E-state index in [4.69, 9.17) is 0 Å². The van der Waals surface area contributed by atoms with E-state index in [1.165, 1.54) is 5.56 Å². The van der Waals surface area contributed by atoms with Crippen molar-refractivity contribution in [1.82, 2.24) is 24.9 Å². The smallest absolute Gasteiger partial charge is 0.151 e. The predicted octanol–water partition coefficient (Wildman–Crippen LogP) is 2.10. The molecule has 0 N–H and O–H groups in total. The molecule has 0 amide bonds. The first-order valence-electron chi connectivity index (χ1n) is 8.61. The van der Waals surface area contributed by atoms with Gasteiger partial charge >= 0.3 is 0 Å². The van der Waals surface area contributed by atoms with Crippen LogP contribution < -0.4 is 4.90 Å². The van der Waals surface area contributed by atoms with Crippen LogP contribution in [0.25, 0.3) is 0 Å². The SMILES string of the molecule is Cc1cnn(CCN(C)C2CN(c3ccc(C(C)(C)C)nn3)C2)c1. The van der Waals surface area contributed by atoms with Crippen molar-refractivity contribution in [3.8, 4) is 0 Å². The van der Waals surface area contributed by atoms with Crippen molar-refractivity contribution < 1.29 is 0 Å². The summed E-state index contributed by atoms with van der Waals surface area (Å²) in [6, 6.07) is 4.76. The van der Waals surface area contributed by atoms with Crippen LogP contribution in [0.4, 0.5) is 5.82 Å². The number of aromatic nitrogens is 4. The number of anilines is 1. The topological polar surface area (TPSA) is 50.1 Å². The maximum atomic E-state index is 4.40. The van der Waals surface area contributed by atoms with Gasteiger partial charge in [0.05, 0.1) is 18.4 Å². The Hall–Kier alpha value is -1.95. The van der Waals surface area contributed by atoms with Crippen molar-refractivity contribution in [2.45, 2.75) is 45.7 Å². The van der Waals surface area contributed by atoms with Crippen LogP contribution in [-0.4, -0.2) is 57.6 Å². The van der Waals surface area contributed by atoms with Gasteiger partial charge in [0, 0.05) is 37.3 Å². The van der Waals surface area contributed by atoms with Gasteiger partial charge in [-0.2, -0.15) is 10.2 Å². The molecule has 0 bridgehead atoms. The molecule has 1 aliphatic heterocycles. The average Bonchev–Trinajstić information content (AvgIpc) is 2.89. The van der Waals surface area contributed by atoms with Gasteiger partial charge in [-0.1, -0.05) is 20.8 Å². The van der Waals surface area contributed by atoms with Crippen LogP contribution in [0.3, 0.4) is 0 Å². The van der Waals surface area contributed by atoms with Crippen molar-refractivity contribution in [2.24, 2.45) is 0 Å². The van der Waals surface area contributed by atoms with Gasteiger partial charge < -0.3 is 4.90 Å². The lowest BCUT2D eigenvalue weighted by molar-refractivity contribution is 0.195. The molecule has 0 saturated carbocycles. The van der Waals surface area contributed by atoms with Crippen LogP contribution in [-0.2, 0) is 12.0 Å². The summed E-state index contributed by atoms with van der Waals surface area (Å²) in [5, 5.41) is 13.1. The monoisotopic (exact) mass is 328 g/mol. The van der Waals surface area contributed by atoms with E-state index in [2.05, 4.69) is 78.2 Å². The Kier molecular flexibility index (Phi) is 4.58. The minimum atomic E-state index is 0.0497. The maximum absolute atomic E-state index is 4.40. The first-order valence-corrected chi connectivity index (χ1v) is 8.61. The second-order valence-corrected chi connectivity index (χ2v) is 7.85. The van der Waals surface area contributed by atoms with Crippen molar-refractivity contribution in [3.63, 3.8) is 0 Å². The Morgan fingerprint density at radius 2 is 1.96 bits per heavy atom. The van der Waals surface area contributed by atoms with Gasteiger partial charge in [0.2, 0.25) is 0 Å². The third-order valence-corrected chi connectivity index (χ3v) is 4.67. The van der Waals surface area contributed by atoms with E-state index in [0.717, 1.165) is 37.7 Å². The molecular formula is C18H28N6. The van der Waals surface area contributed by atoms with E-state index >= 15 is 0 Å². The standard InChI is InChI=1S/C18H28N6/c1-14-10-19-24(11-14)9-8-22(5)15-12-23(13-15)17-7-6-16(20-21-17)18(2,3)4/h6-7,10-11,15H,8-9,12-13H2,1-5H3. The van der Waals surface area contributed by atoms with E-state index < -0.39 is 0 Å². The minimum Gasteiger partial charge on any atom is -0.352 e. The zero-order valence-corrected chi connectivity index (χ0v) is 15.4. The number of likely N-dealkylation sites (N-methyl/N-ethyl adjacent to an activating group) is 1. The van der Waals surface area contributed by atoms with Crippen molar-refractivity contribution in [1.29, 1.82) is 0 Å². The molecule has 0 aliphatic carbocycles. The number of hydrogen-bond acceptors (Lipinski definition) is 5. The zero-order chi connectivity index (χ0) is 17.3. The van der Waals surface area contributed by atoms with Crippen LogP contribution in [0.5, 0.6) is 0 Å². The average molecular weight is 328 g/mol. The Morgan fingerprint density at radius 1 is 1.21 bits per heavy atom. The highest BCUT2D eigenvalue weighted by Crippen LogP contribution is 2.24. The summed E-state index contributed by atoms with van der Waals surface area (Å²) in [6.45, 7) is 12.5. The first kappa shape index (κ1) is 16.9. The van der Waals surface area contributed by atoms with Crippen LogP contribution >= 0.6 is 0 Å². The molecule has 6 nitrogen and oxygen atoms in total. The summed E-state index contributed by atoms with van der Waals surface area (Å²) >= 11 is 0. The van der Waals surface area contributed by atoms with E-state index in [1.807, 2.05) is 10.9 Å². The Labute approximate surface area is 144 Å². The molecule has 1 fully saturated rings. The number of rotatable bonds is 5. The molecule has 0 atom stereocenters. The zero-order valence-electron chi connectivity index (χ0n) is 15.4. The van der Waals surface area contributed by atoms with Crippen LogP contribution in [0, 0.1) is 6.92 Å². The van der Waals surface area contributed by atoms with Gasteiger partial charge in [-0.25, -0.2) is 0 Å². The van der Waals surface area contributed by atoms with Crippen molar-refractivity contribution in [2.75, 3.05) is 31.6 Å². The summed E-state index contributed by atoms with van der Waals surface area (Å²) in [6.07, 6.45) is 4.00. The molecule has 0 radical (unpaired) electrons. The van der Waals surface area contributed by atoms with E-state index in [0.29, 0.717) is 6.04 Å². The molecular weight excluding hydrogens is 300 g/mol. The summed E-state index contributed by atoms with van der Waals surface area (Å²) < 4.78 is 2.01. The van der Waals surface area contributed by atoms with Gasteiger partial charge in [0.25, 0.3) is 0 Å². The fourth-order valence-corrected chi connectivity index (χ4v) is 2.85. The van der Waals surface area contributed by atoms with E-state index in [9.17, 15) is 0 Å². The molecule has 2 aromatic rings. The second kappa shape index (κ2) is 6.51. The highest BCUT2D eigenvalue weighted by molar-refractivity contribution is 5.42. The van der Waals surface area contributed by atoms with Gasteiger partial charge in [-0.05, 0) is 31.7 Å². The number of aryl methyl sites for hydroxylation is 1. The van der Waals surface area contributed by atoms with Gasteiger partial charge in [-0.15, -0.1) is 5.10 Å². The lowest BCUT2D eigenvalue weighted by Crippen LogP contribution is -2.59. The van der Waals surface area contributed by atoms with E-state index in [-0.39, 0.29) is 5.41 Å².